The van der Waals surface area contributed by atoms with Gasteiger partial charge < -0.3 is 24.0 Å². The molecule has 8 heteroatoms. The molecule has 2 heterocycles. The molecule has 0 radical (unpaired) electrons. The molecular formula is C24H20Cl2N2O4. The summed E-state index contributed by atoms with van der Waals surface area (Å²) in [6.07, 6.45) is 0. The highest BCUT2D eigenvalue weighted by molar-refractivity contribution is 6.42. The van der Waals surface area contributed by atoms with Crippen LogP contribution in [0.25, 0.3) is 0 Å². The average molecular weight is 471 g/mol. The summed E-state index contributed by atoms with van der Waals surface area (Å²) in [6.45, 7) is 2.95. The predicted molar refractivity (Wildman–Crippen MR) is 124 cm³/mol. The van der Waals surface area contributed by atoms with Crippen LogP contribution in [0.3, 0.4) is 0 Å². The summed E-state index contributed by atoms with van der Waals surface area (Å²) in [5.41, 5.74) is 1.64. The van der Waals surface area contributed by atoms with E-state index >= 15 is 0 Å². The van der Waals surface area contributed by atoms with Gasteiger partial charge in [0.1, 0.15) is 11.5 Å². The van der Waals surface area contributed by atoms with Crippen molar-refractivity contribution in [2.24, 2.45) is 0 Å². The van der Waals surface area contributed by atoms with Crippen molar-refractivity contribution in [2.45, 2.75) is 0 Å². The van der Waals surface area contributed by atoms with Gasteiger partial charge in [0, 0.05) is 43.5 Å². The van der Waals surface area contributed by atoms with Gasteiger partial charge in [-0.05, 0) is 54.6 Å². The lowest BCUT2D eigenvalue weighted by atomic mass is 10.1. The third-order valence-corrected chi connectivity index (χ3v) is 6.26. The fraction of sp³-hybridized carbons (Fsp3) is 0.208. The number of amides is 1. The van der Waals surface area contributed by atoms with E-state index in [-0.39, 0.29) is 12.7 Å². The zero-order chi connectivity index (χ0) is 22.1. The van der Waals surface area contributed by atoms with Gasteiger partial charge in [0.2, 0.25) is 6.79 Å². The second-order valence-corrected chi connectivity index (χ2v) is 8.33. The van der Waals surface area contributed by atoms with Gasteiger partial charge in [-0.3, -0.25) is 4.79 Å². The van der Waals surface area contributed by atoms with Gasteiger partial charge in [0.15, 0.2) is 11.5 Å². The molecule has 6 nitrogen and oxygen atoms in total. The molecule has 2 aliphatic rings. The van der Waals surface area contributed by atoms with Crippen LogP contribution in [0.15, 0.2) is 60.7 Å². The third-order valence-electron chi connectivity index (χ3n) is 5.52. The van der Waals surface area contributed by atoms with E-state index in [0.29, 0.717) is 51.7 Å². The summed E-state index contributed by atoms with van der Waals surface area (Å²) in [7, 11) is 0. The lowest BCUT2D eigenvalue weighted by molar-refractivity contribution is 0.0747. The van der Waals surface area contributed by atoms with E-state index in [1.807, 2.05) is 29.2 Å². The van der Waals surface area contributed by atoms with Crippen LogP contribution in [-0.4, -0.2) is 43.8 Å². The molecule has 3 aromatic carbocycles. The van der Waals surface area contributed by atoms with Crippen molar-refractivity contribution in [3.8, 4) is 23.0 Å². The minimum absolute atomic E-state index is 0.00779. The Kier molecular flexibility index (Phi) is 5.72. The van der Waals surface area contributed by atoms with Gasteiger partial charge in [0.25, 0.3) is 5.91 Å². The van der Waals surface area contributed by atoms with E-state index in [1.54, 1.807) is 36.4 Å². The van der Waals surface area contributed by atoms with Gasteiger partial charge in [0.05, 0.1) is 10.0 Å². The Morgan fingerprint density at radius 1 is 0.781 bits per heavy atom. The first kappa shape index (κ1) is 20.8. The number of hydrogen-bond acceptors (Lipinski definition) is 5. The number of piperazine rings is 1. The van der Waals surface area contributed by atoms with Crippen molar-refractivity contribution in [2.75, 3.05) is 37.9 Å². The fourth-order valence-corrected chi connectivity index (χ4v) is 4.07. The van der Waals surface area contributed by atoms with Crippen LogP contribution in [0.2, 0.25) is 10.0 Å². The Labute approximate surface area is 195 Å². The molecular weight excluding hydrogens is 451 g/mol. The smallest absolute Gasteiger partial charge is 0.253 e. The lowest BCUT2D eigenvalue weighted by Gasteiger charge is -2.36. The minimum atomic E-state index is 0.00779. The first-order valence-electron chi connectivity index (χ1n) is 10.2. The zero-order valence-electron chi connectivity index (χ0n) is 17.1. The number of halogens is 2. The lowest BCUT2D eigenvalue weighted by Crippen LogP contribution is -2.48. The van der Waals surface area contributed by atoms with E-state index in [1.165, 1.54) is 0 Å². The molecule has 0 aromatic heterocycles. The van der Waals surface area contributed by atoms with E-state index in [2.05, 4.69) is 4.90 Å². The number of hydrogen-bond donors (Lipinski definition) is 0. The molecule has 0 bridgehead atoms. The SMILES string of the molecule is O=C(c1ccc(Oc2ccc3c(c2)OCO3)cc1)N1CCN(c2ccc(Cl)c(Cl)c2)CC1. The van der Waals surface area contributed by atoms with Gasteiger partial charge in [-0.2, -0.15) is 0 Å². The zero-order valence-corrected chi connectivity index (χ0v) is 18.6. The Morgan fingerprint density at radius 2 is 1.50 bits per heavy atom. The second kappa shape index (κ2) is 8.81. The number of benzene rings is 3. The van der Waals surface area contributed by atoms with E-state index < -0.39 is 0 Å². The maximum absolute atomic E-state index is 12.9. The topological polar surface area (TPSA) is 51.2 Å². The van der Waals surface area contributed by atoms with Crippen molar-refractivity contribution < 1.29 is 19.0 Å². The number of carbonyl (C=O) groups is 1. The van der Waals surface area contributed by atoms with Crippen LogP contribution < -0.4 is 19.1 Å². The minimum Gasteiger partial charge on any atom is -0.457 e. The van der Waals surface area contributed by atoms with Gasteiger partial charge in [-0.15, -0.1) is 0 Å². The maximum Gasteiger partial charge on any atom is 0.253 e. The Bertz CT molecular complexity index is 1150. The summed E-state index contributed by atoms with van der Waals surface area (Å²) < 4.78 is 16.6. The summed E-state index contributed by atoms with van der Waals surface area (Å²) in [5.74, 6) is 2.66. The van der Waals surface area contributed by atoms with E-state index in [0.717, 1.165) is 18.8 Å². The first-order chi connectivity index (χ1) is 15.6. The van der Waals surface area contributed by atoms with Crippen LogP contribution in [0.5, 0.6) is 23.0 Å². The van der Waals surface area contributed by atoms with Crippen molar-refractivity contribution in [1.29, 1.82) is 0 Å². The molecule has 2 aliphatic heterocycles. The second-order valence-electron chi connectivity index (χ2n) is 7.52. The van der Waals surface area contributed by atoms with Crippen LogP contribution >= 0.6 is 23.2 Å². The molecule has 0 aliphatic carbocycles. The van der Waals surface area contributed by atoms with Crippen molar-refractivity contribution in [3.63, 3.8) is 0 Å². The third kappa shape index (κ3) is 4.29. The number of fused-ring (bicyclic) bond motifs is 1. The monoisotopic (exact) mass is 470 g/mol. The molecule has 0 atom stereocenters. The molecule has 32 heavy (non-hydrogen) atoms. The highest BCUT2D eigenvalue weighted by Gasteiger charge is 2.23. The van der Waals surface area contributed by atoms with Crippen molar-refractivity contribution in [1.82, 2.24) is 4.90 Å². The van der Waals surface area contributed by atoms with Crippen molar-refractivity contribution in [3.05, 3.63) is 76.3 Å². The molecule has 0 unspecified atom stereocenters. The molecule has 0 spiro atoms. The first-order valence-corrected chi connectivity index (χ1v) is 11.0. The van der Waals surface area contributed by atoms with E-state index in [9.17, 15) is 4.79 Å². The van der Waals surface area contributed by atoms with Crippen molar-refractivity contribution >= 4 is 34.8 Å². The quantitative estimate of drug-likeness (QED) is 0.505. The molecule has 164 valence electrons. The van der Waals surface area contributed by atoms with Crippen LogP contribution in [-0.2, 0) is 0 Å². The summed E-state index contributed by atoms with van der Waals surface area (Å²) in [5, 5.41) is 1.07. The highest BCUT2D eigenvalue weighted by atomic mass is 35.5. The average Bonchev–Trinajstić information content (AvgIpc) is 3.29. The van der Waals surface area contributed by atoms with Crippen LogP contribution in [0.4, 0.5) is 5.69 Å². The summed E-state index contributed by atoms with van der Waals surface area (Å²) in [6, 6.07) is 18.2. The molecule has 1 saturated heterocycles. The van der Waals surface area contributed by atoms with Gasteiger partial charge in [-0.25, -0.2) is 0 Å². The van der Waals surface area contributed by atoms with Crippen LogP contribution in [0, 0.1) is 0 Å². The number of anilines is 1. The number of nitrogens with zero attached hydrogens (tertiary/aromatic N) is 2. The van der Waals surface area contributed by atoms with Gasteiger partial charge >= 0.3 is 0 Å². The summed E-state index contributed by atoms with van der Waals surface area (Å²) >= 11 is 12.1. The number of rotatable bonds is 4. The molecule has 5 rings (SSSR count). The number of carbonyl (C=O) groups excluding carboxylic acids is 1. The molecule has 3 aromatic rings. The summed E-state index contributed by atoms with van der Waals surface area (Å²) in [4.78, 5) is 17.0. The molecule has 0 N–H and O–H groups in total. The van der Waals surface area contributed by atoms with Crippen LogP contribution in [0.1, 0.15) is 10.4 Å². The highest BCUT2D eigenvalue weighted by Crippen LogP contribution is 2.36. The maximum atomic E-state index is 12.9. The predicted octanol–water partition coefficient (Wildman–Crippen LogP) is 5.48. The fourth-order valence-electron chi connectivity index (χ4n) is 3.77. The Hall–Kier alpha value is -3.09. The Balaban J connectivity index is 1.19. The number of ether oxygens (including phenoxy) is 3. The largest absolute Gasteiger partial charge is 0.457 e. The normalized spacial score (nSPS) is 15.1. The molecule has 0 saturated carbocycles. The Morgan fingerprint density at radius 3 is 2.25 bits per heavy atom. The van der Waals surface area contributed by atoms with Gasteiger partial charge in [-0.1, -0.05) is 23.2 Å². The molecule has 1 amide bonds. The standard InChI is InChI=1S/C24H20Cl2N2O4/c25-20-7-3-17(13-21(20)26)27-9-11-28(12-10-27)24(29)16-1-4-18(5-2-16)32-19-6-8-22-23(14-19)31-15-30-22/h1-8,13-14H,9-12,15H2. The van der Waals surface area contributed by atoms with E-state index in [4.69, 9.17) is 37.4 Å². The molecule has 1 fully saturated rings.